The van der Waals surface area contributed by atoms with Crippen LogP contribution in [0.2, 0.25) is 0 Å². The summed E-state index contributed by atoms with van der Waals surface area (Å²) in [5, 5.41) is 1.11. The van der Waals surface area contributed by atoms with Crippen molar-refractivity contribution >= 4 is 32.5 Å². The molecule has 7 rings (SSSR count). The molecule has 41 heavy (non-hydrogen) atoms. The van der Waals surface area contributed by atoms with Gasteiger partial charge in [-0.3, -0.25) is 9.78 Å². The van der Waals surface area contributed by atoms with Crippen molar-refractivity contribution in [3.05, 3.63) is 101 Å². The first kappa shape index (κ1) is 26.1. The number of benzene rings is 3. The van der Waals surface area contributed by atoms with Crippen LogP contribution in [-0.4, -0.2) is 67.9 Å². The van der Waals surface area contributed by atoms with Gasteiger partial charge in [0.1, 0.15) is 0 Å². The van der Waals surface area contributed by atoms with E-state index < -0.39 is 10.0 Å². The molecule has 1 saturated heterocycles. The Kier molecular flexibility index (Phi) is 6.73. The van der Waals surface area contributed by atoms with Crippen LogP contribution in [0.1, 0.15) is 32.7 Å². The highest BCUT2D eigenvalue weighted by Crippen LogP contribution is 2.36. The van der Waals surface area contributed by atoms with Crippen LogP contribution >= 0.6 is 0 Å². The second-order valence-electron chi connectivity index (χ2n) is 10.9. The van der Waals surface area contributed by atoms with Gasteiger partial charge >= 0.3 is 0 Å². The third kappa shape index (κ3) is 4.77. The smallest absolute Gasteiger partial charge is 0.254 e. The Balaban J connectivity index is 1.12. The van der Waals surface area contributed by atoms with Crippen molar-refractivity contribution in [2.45, 2.75) is 30.8 Å². The first-order valence-electron chi connectivity index (χ1n) is 14.2. The van der Waals surface area contributed by atoms with E-state index in [0.717, 1.165) is 57.5 Å². The Labute approximate surface area is 240 Å². The lowest BCUT2D eigenvalue weighted by Gasteiger charge is -2.34. The van der Waals surface area contributed by atoms with Gasteiger partial charge in [-0.1, -0.05) is 42.5 Å². The number of rotatable bonds is 6. The van der Waals surface area contributed by atoms with Gasteiger partial charge in [0, 0.05) is 73.6 Å². The van der Waals surface area contributed by atoms with Gasteiger partial charge in [0.2, 0.25) is 10.0 Å². The van der Waals surface area contributed by atoms with Crippen LogP contribution in [-0.2, 0) is 40.7 Å². The number of pyridine rings is 1. The van der Waals surface area contributed by atoms with Gasteiger partial charge in [0.15, 0.2) is 0 Å². The predicted molar refractivity (Wildman–Crippen MR) is 157 cm³/mol. The highest BCUT2D eigenvalue weighted by atomic mass is 32.2. The molecule has 1 aromatic heterocycles. The number of carbonyl (C=O) groups excluding carboxylic acids is 1. The molecule has 0 saturated carbocycles. The number of amides is 1. The monoisotopic (exact) mass is 568 g/mol. The number of nitrogens with zero attached hydrogens (tertiary/aromatic N) is 4. The molecule has 0 radical (unpaired) electrons. The summed E-state index contributed by atoms with van der Waals surface area (Å²) in [6.45, 7) is 3.94. The fourth-order valence-electron chi connectivity index (χ4n) is 6.27. The van der Waals surface area contributed by atoms with Crippen LogP contribution in [0.3, 0.4) is 0 Å². The number of anilines is 1. The lowest BCUT2D eigenvalue weighted by atomic mass is 9.98. The molecule has 1 fully saturated rings. The molecule has 0 unspecified atom stereocenters. The fourth-order valence-corrected chi connectivity index (χ4v) is 7.94. The number of aromatic nitrogens is 1. The van der Waals surface area contributed by atoms with Crippen LogP contribution in [0.25, 0.3) is 10.9 Å². The fraction of sp³-hybridized carbons (Fsp3) is 0.312. The number of sulfonamides is 1. The first-order valence-corrected chi connectivity index (χ1v) is 15.6. The maximum absolute atomic E-state index is 13.6. The van der Waals surface area contributed by atoms with Crippen molar-refractivity contribution in [1.82, 2.24) is 14.2 Å². The van der Waals surface area contributed by atoms with E-state index in [1.54, 1.807) is 6.07 Å². The van der Waals surface area contributed by atoms with E-state index in [0.29, 0.717) is 57.3 Å². The normalized spacial score (nSPS) is 17.6. The molecule has 9 heteroatoms. The molecule has 3 aromatic carbocycles. The van der Waals surface area contributed by atoms with Crippen LogP contribution in [0.15, 0.2) is 77.7 Å². The number of para-hydroxylation sites is 1. The molecule has 0 bridgehead atoms. The van der Waals surface area contributed by atoms with E-state index in [-0.39, 0.29) is 5.91 Å². The van der Waals surface area contributed by atoms with Crippen molar-refractivity contribution in [3.8, 4) is 0 Å². The maximum atomic E-state index is 13.6. The van der Waals surface area contributed by atoms with E-state index in [4.69, 9.17) is 9.72 Å². The molecule has 210 valence electrons. The van der Waals surface area contributed by atoms with E-state index in [1.165, 1.54) is 4.31 Å². The molecule has 1 amide bonds. The maximum Gasteiger partial charge on any atom is 0.254 e. The van der Waals surface area contributed by atoms with Crippen LogP contribution in [0, 0.1) is 0 Å². The molecule has 8 nitrogen and oxygen atoms in total. The summed E-state index contributed by atoms with van der Waals surface area (Å²) >= 11 is 0. The number of ether oxygens (including phenoxy) is 1. The Morgan fingerprint density at radius 2 is 1.66 bits per heavy atom. The number of hydrogen-bond acceptors (Lipinski definition) is 6. The second-order valence-corrected chi connectivity index (χ2v) is 12.8. The van der Waals surface area contributed by atoms with Gasteiger partial charge < -0.3 is 14.5 Å². The van der Waals surface area contributed by atoms with Crippen LogP contribution in [0.4, 0.5) is 5.69 Å². The number of carbonyl (C=O) groups is 1. The summed E-state index contributed by atoms with van der Waals surface area (Å²) in [7, 11) is -3.63. The standard InChI is InChI=1S/C32H32N4O4S/c37-32-26-7-4-9-30(28(26)22-35(32)16-14-25-12-11-24-5-1-2-8-29(24)33-25)34-15-13-23-6-3-10-31(27(23)21-34)41(38,39)36-17-19-40-20-18-36/h1-12H,13-22H2. The van der Waals surface area contributed by atoms with Crippen molar-refractivity contribution in [2.24, 2.45) is 0 Å². The lowest BCUT2D eigenvalue weighted by molar-refractivity contribution is 0.0730. The summed E-state index contributed by atoms with van der Waals surface area (Å²) < 4.78 is 34.2. The molecule has 0 spiro atoms. The lowest BCUT2D eigenvalue weighted by Crippen LogP contribution is -2.41. The van der Waals surface area contributed by atoms with Gasteiger partial charge in [0.25, 0.3) is 5.91 Å². The van der Waals surface area contributed by atoms with E-state index in [2.05, 4.69) is 17.0 Å². The van der Waals surface area contributed by atoms with Crippen LogP contribution in [0.5, 0.6) is 0 Å². The average molecular weight is 569 g/mol. The third-order valence-corrected chi connectivity index (χ3v) is 10.5. The van der Waals surface area contributed by atoms with Gasteiger partial charge in [-0.15, -0.1) is 0 Å². The Morgan fingerprint density at radius 3 is 2.54 bits per heavy atom. The summed E-state index contributed by atoms with van der Waals surface area (Å²) in [6.07, 6.45) is 1.43. The third-order valence-electron chi connectivity index (χ3n) is 8.47. The average Bonchev–Trinajstić information content (AvgIpc) is 3.35. The van der Waals surface area contributed by atoms with Crippen molar-refractivity contribution < 1.29 is 17.9 Å². The van der Waals surface area contributed by atoms with Gasteiger partial charge in [-0.05, 0) is 47.9 Å². The van der Waals surface area contributed by atoms with Gasteiger partial charge in [0.05, 0.1) is 23.6 Å². The number of morpholine rings is 1. The first-order chi connectivity index (χ1) is 20.0. The highest BCUT2D eigenvalue weighted by Gasteiger charge is 2.34. The Morgan fingerprint density at radius 1 is 0.829 bits per heavy atom. The molecule has 3 aliphatic heterocycles. The van der Waals surface area contributed by atoms with Gasteiger partial charge in [-0.25, -0.2) is 8.42 Å². The zero-order valence-electron chi connectivity index (χ0n) is 22.8. The molecule has 3 aliphatic rings. The van der Waals surface area contributed by atoms with Crippen LogP contribution < -0.4 is 4.90 Å². The van der Waals surface area contributed by atoms with Crippen molar-refractivity contribution in [3.63, 3.8) is 0 Å². The summed E-state index contributed by atoms with van der Waals surface area (Å²) in [6, 6.07) is 23.7. The minimum absolute atomic E-state index is 0.0376. The second kappa shape index (κ2) is 10.6. The molecule has 0 N–H and O–H groups in total. The van der Waals surface area contributed by atoms with Crippen molar-refractivity contribution in [2.75, 3.05) is 44.3 Å². The Hall–Kier alpha value is -3.79. The quantitative estimate of drug-likeness (QED) is 0.350. The molecule has 4 aromatic rings. The number of hydrogen-bond donors (Lipinski definition) is 0. The van der Waals surface area contributed by atoms with Crippen molar-refractivity contribution in [1.29, 1.82) is 0 Å². The zero-order valence-corrected chi connectivity index (χ0v) is 23.6. The molecule has 0 atom stereocenters. The highest BCUT2D eigenvalue weighted by molar-refractivity contribution is 7.89. The Bertz CT molecular complexity index is 1750. The molecular formula is C32H32N4O4S. The zero-order chi connectivity index (χ0) is 28.0. The summed E-state index contributed by atoms with van der Waals surface area (Å²) in [5.74, 6) is 0.0376. The SMILES string of the molecule is O=C1c2cccc(N3CCc4cccc(S(=O)(=O)N5CCOCC5)c4C3)c2CN1CCc1ccc2ccccc2n1. The van der Waals surface area contributed by atoms with E-state index in [1.807, 2.05) is 59.5 Å². The topological polar surface area (TPSA) is 83.0 Å². The minimum atomic E-state index is -3.63. The van der Waals surface area contributed by atoms with E-state index >= 15 is 0 Å². The molecule has 4 heterocycles. The summed E-state index contributed by atoms with van der Waals surface area (Å²) in [5.41, 5.74) is 6.61. The van der Waals surface area contributed by atoms with E-state index in [9.17, 15) is 13.2 Å². The number of fused-ring (bicyclic) bond motifs is 3. The largest absolute Gasteiger partial charge is 0.379 e. The predicted octanol–water partition coefficient (Wildman–Crippen LogP) is 4.02. The summed E-state index contributed by atoms with van der Waals surface area (Å²) in [4.78, 5) is 22.7. The molecular weight excluding hydrogens is 536 g/mol. The van der Waals surface area contributed by atoms with Gasteiger partial charge in [-0.2, -0.15) is 4.31 Å². The molecule has 0 aliphatic carbocycles. The minimum Gasteiger partial charge on any atom is -0.379 e.